The Bertz CT molecular complexity index is 694. The van der Waals surface area contributed by atoms with Crippen molar-refractivity contribution in [2.45, 2.75) is 6.92 Å². The molecule has 0 unspecified atom stereocenters. The highest BCUT2D eigenvalue weighted by atomic mass is 79.9. The van der Waals surface area contributed by atoms with Gasteiger partial charge in [-0.05, 0) is 53.2 Å². The van der Waals surface area contributed by atoms with E-state index in [0.29, 0.717) is 21.5 Å². The number of carbonyl (C=O) groups is 1. The average molecular weight is 346 g/mol. The first-order valence-electron chi connectivity index (χ1n) is 6.22. The van der Waals surface area contributed by atoms with E-state index in [1.165, 1.54) is 0 Å². The fraction of sp³-hybridized carbons (Fsp3) is 0.143. The van der Waals surface area contributed by atoms with E-state index >= 15 is 0 Å². The molecule has 1 aromatic heterocycles. The van der Waals surface area contributed by atoms with E-state index in [1.54, 1.807) is 30.3 Å². The maximum absolute atomic E-state index is 12.1. The molecule has 0 radical (unpaired) electrons. The molecule has 0 aliphatic rings. The molecule has 0 atom stereocenters. The molecule has 0 aliphatic heterocycles. The lowest BCUT2D eigenvalue weighted by molar-refractivity contribution is 0.102. The molecule has 1 aromatic carbocycles. The molecular formula is C14H12BrN5O. The highest BCUT2D eigenvalue weighted by Gasteiger charge is 2.10. The summed E-state index contributed by atoms with van der Waals surface area (Å²) in [6.45, 7) is 2.68. The number of nitrogens with zero attached hydrogens (tertiary/aromatic N) is 3. The zero-order chi connectivity index (χ0) is 15.2. The lowest BCUT2D eigenvalue weighted by atomic mass is 10.2. The molecule has 106 valence electrons. The number of anilines is 2. The van der Waals surface area contributed by atoms with E-state index in [9.17, 15) is 4.79 Å². The third-order valence-corrected chi connectivity index (χ3v) is 3.26. The maximum atomic E-state index is 12.1. The number of nitrogens with one attached hydrogen (secondary N) is 2. The van der Waals surface area contributed by atoms with Crippen LogP contribution in [0.3, 0.4) is 0 Å². The Balaban J connectivity index is 2.12. The molecule has 1 amide bonds. The number of benzene rings is 1. The van der Waals surface area contributed by atoms with Crippen molar-refractivity contribution < 1.29 is 4.79 Å². The summed E-state index contributed by atoms with van der Waals surface area (Å²) in [5.41, 5.74) is 1.29. The van der Waals surface area contributed by atoms with E-state index in [2.05, 4.69) is 36.8 Å². The van der Waals surface area contributed by atoms with Gasteiger partial charge in [-0.1, -0.05) is 0 Å². The summed E-state index contributed by atoms with van der Waals surface area (Å²) in [4.78, 5) is 12.1. The summed E-state index contributed by atoms with van der Waals surface area (Å²) in [5.74, 6) is 0.254. The quantitative estimate of drug-likeness (QED) is 0.888. The fourth-order valence-corrected chi connectivity index (χ4v) is 2.08. The van der Waals surface area contributed by atoms with Crippen LogP contribution in [0.15, 0.2) is 34.8 Å². The second-order valence-corrected chi connectivity index (χ2v) is 4.95. The van der Waals surface area contributed by atoms with Gasteiger partial charge >= 0.3 is 0 Å². The highest BCUT2D eigenvalue weighted by molar-refractivity contribution is 9.10. The summed E-state index contributed by atoms with van der Waals surface area (Å²) >= 11 is 3.31. The molecule has 7 heteroatoms. The SMILES string of the molecule is CCNc1ccc(C(=O)Nc2ccc(C#N)cc2Br)nn1. The molecular weight excluding hydrogens is 334 g/mol. The predicted octanol–water partition coefficient (Wildman–Crippen LogP) is 2.79. The number of aromatic nitrogens is 2. The zero-order valence-corrected chi connectivity index (χ0v) is 12.8. The molecule has 6 nitrogen and oxygen atoms in total. The molecule has 0 spiro atoms. The maximum Gasteiger partial charge on any atom is 0.276 e. The van der Waals surface area contributed by atoms with Gasteiger partial charge in [0.25, 0.3) is 5.91 Å². The molecule has 0 saturated carbocycles. The number of hydrogen-bond donors (Lipinski definition) is 2. The molecule has 0 fully saturated rings. The Morgan fingerprint density at radius 2 is 2.14 bits per heavy atom. The second kappa shape index (κ2) is 6.81. The molecule has 1 heterocycles. The Hall–Kier alpha value is -2.46. The smallest absolute Gasteiger partial charge is 0.276 e. The van der Waals surface area contributed by atoms with E-state index in [1.807, 2.05) is 13.0 Å². The number of nitriles is 1. The Kier molecular flexibility index (Phi) is 4.85. The first kappa shape index (κ1) is 14.9. The average Bonchev–Trinajstić information content (AvgIpc) is 2.50. The summed E-state index contributed by atoms with van der Waals surface area (Å²) in [5, 5.41) is 22.3. The minimum atomic E-state index is -0.365. The Labute approximate surface area is 130 Å². The topological polar surface area (TPSA) is 90.7 Å². The van der Waals surface area contributed by atoms with Gasteiger partial charge in [-0.3, -0.25) is 4.79 Å². The van der Waals surface area contributed by atoms with Gasteiger partial charge in [-0.25, -0.2) is 0 Å². The Morgan fingerprint density at radius 3 is 2.71 bits per heavy atom. The minimum Gasteiger partial charge on any atom is -0.369 e. The van der Waals surface area contributed by atoms with Crippen LogP contribution < -0.4 is 10.6 Å². The van der Waals surface area contributed by atoms with Crippen molar-refractivity contribution in [1.82, 2.24) is 10.2 Å². The van der Waals surface area contributed by atoms with E-state index in [-0.39, 0.29) is 11.6 Å². The molecule has 0 saturated heterocycles. The van der Waals surface area contributed by atoms with Crippen LogP contribution in [-0.4, -0.2) is 22.6 Å². The summed E-state index contributed by atoms with van der Waals surface area (Å²) in [6.07, 6.45) is 0. The van der Waals surface area contributed by atoms with Gasteiger partial charge in [-0.2, -0.15) is 5.26 Å². The lowest BCUT2D eigenvalue weighted by Crippen LogP contribution is -2.15. The van der Waals surface area contributed by atoms with Gasteiger partial charge in [-0.15, -0.1) is 10.2 Å². The van der Waals surface area contributed by atoms with Crippen LogP contribution in [0, 0.1) is 11.3 Å². The van der Waals surface area contributed by atoms with E-state index in [4.69, 9.17) is 5.26 Å². The Morgan fingerprint density at radius 1 is 1.33 bits per heavy atom. The number of rotatable bonds is 4. The van der Waals surface area contributed by atoms with Gasteiger partial charge < -0.3 is 10.6 Å². The summed E-state index contributed by atoms with van der Waals surface area (Å²) in [6, 6.07) is 10.2. The molecule has 2 N–H and O–H groups in total. The highest BCUT2D eigenvalue weighted by Crippen LogP contribution is 2.23. The van der Waals surface area contributed by atoms with Gasteiger partial charge in [0.2, 0.25) is 0 Å². The monoisotopic (exact) mass is 345 g/mol. The van der Waals surface area contributed by atoms with Crippen molar-refractivity contribution >= 4 is 33.3 Å². The van der Waals surface area contributed by atoms with Crippen LogP contribution in [0.25, 0.3) is 0 Å². The van der Waals surface area contributed by atoms with Crippen LogP contribution >= 0.6 is 15.9 Å². The molecule has 0 bridgehead atoms. The standard InChI is InChI=1S/C14H12BrN5O/c1-2-17-13-6-5-12(19-20-13)14(21)18-11-4-3-9(8-16)7-10(11)15/h3-7H,2H2,1H3,(H,17,20)(H,18,21). The zero-order valence-electron chi connectivity index (χ0n) is 11.2. The van der Waals surface area contributed by atoms with Crippen molar-refractivity contribution in [3.8, 4) is 6.07 Å². The van der Waals surface area contributed by atoms with Crippen LogP contribution in [0.4, 0.5) is 11.5 Å². The van der Waals surface area contributed by atoms with Gasteiger partial charge in [0.1, 0.15) is 5.82 Å². The van der Waals surface area contributed by atoms with Crippen molar-refractivity contribution in [3.05, 3.63) is 46.1 Å². The van der Waals surface area contributed by atoms with Crippen LogP contribution in [0.2, 0.25) is 0 Å². The van der Waals surface area contributed by atoms with Crippen molar-refractivity contribution in [2.24, 2.45) is 0 Å². The van der Waals surface area contributed by atoms with Crippen LogP contribution in [0.5, 0.6) is 0 Å². The lowest BCUT2D eigenvalue weighted by Gasteiger charge is -2.07. The van der Waals surface area contributed by atoms with Crippen LogP contribution in [0.1, 0.15) is 23.0 Å². The second-order valence-electron chi connectivity index (χ2n) is 4.09. The van der Waals surface area contributed by atoms with Gasteiger partial charge in [0, 0.05) is 11.0 Å². The molecule has 2 rings (SSSR count). The van der Waals surface area contributed by atoms with Crippen LogP contribution in [-0.2, 0) is 0 Å². The van der Waals surface area contributed by atoms with Crippen molar-refractivity contribution in [3.63, 3.8) is 0 Å². The predicted molar refractivity (Wildman–Crippen MR) is 83.0 cm³/mol. The number of halogens is 1. The van der Waals surface area contributed by atoms with E-state index in [0.717, 1.165) is 6.54 Å². The van der Waals surface area contributed by atoms with Crippen molar-refractivity contribution in [2.75, 3.05) is 17.2 Å². The number of amides is 1. The number of carbonyl (C=O) groups excluding carboxylic acids is 1. The molecule has 2 aromatic rings. The first-order valence-corrected chi connectivity index (χ1v) is 7.02. The molecule has 0 aliphatic carbocycles. The third-order valence-electron chi connectivity index (χ3n) is 2.60. The fourth-order valence-electron chi connectivity index (χ4n) is 1.60. The molecule has 21 heavy (non-hydrogen) atoms. The van der Waals surface area contributed by atoms with Gasteiger partial charge in [0.05, 0.1) is 17.3 Å². The normalized spacial score (nSPS) is 9.76. The number of hydrogen-bond acceptors (Lipinski definition) is 5. The summed E-state index contributed by atoms with van der Waals surface area (Å²) < 4.78 is 0.632. The summed E-state index contributed by atoms with van der Waals surface area (Å²) in [7, 11) is 0. The van der Waals surface area contributed by atoms with Crippen molar-refractivity contribution in [1.29, 1.82) is 5.26 Å². The minimum absolute atomic E-state index is 0.216. The van der Waals surface area contributed by atoms with Gasteiger partial charge in [0.15, 0.2) is 5.69 Å². The largest absolute Gasteiger partial charge is 0.369 e. The van der Waals surface area contributed by atoms with E-state index < -0.39 is 0 Å². The first-order chi connectivity index (χ1) is 10.1. The third kappa shape index (κ3) is 3.77.